The van der Waals surface area contributed by atoms with E-state index in [4.69, 9.17) is 27.9 Å². The van der Waals surface area contributed by atoms with Crippen molar-refractivity contribution in [3.05, 3.63) is 82.1 Å². The maximum atomic E-state index is 12.7. The highest BCUT2D eigenvalue weighted by molar-refractivity contribution is 6.35. The number of rotatable bonds is 5. The maximum Gasteiger partial charge on any atom is 0.357 e. The maximum absolute atomic E-state index is 12.7. The number of anilines is 1. The van der Waals surface area contributed by atoms with Crippen molar-refractivity contribution >= 4 is 40.8 Å². The van der Waals surface area contributed by atoms with Crippen LogP contribution in [0.1, 0.15) is 20.8 Å². The molecule has 3 rings (SSSR count). The summed E-state index contributed by atoms with van der Waals surface area (Å²) >= 11 is 12.0. The number of hydrogen-bond donors (Lipinski definition) is 1. The first-order valence-electron chi connectivity index (χ1n) is 8.06. The number of benzene rings is 2. The third-order valence-electron chi connectivity index (χ3n) is 3.68. The predicted octanol–water partition coefficient (Wildman–Crippen LogP) is 5.22. The van der Waals surface area contributed by atoms with E-state index < -0.39 is 11.9 Å². The number of nitrogens with zero attached hydrogens (tertiary/aromatic N) is 1. The number of halogens is 2. The van der Waals surface area contributed by atoms with E-state index in [1.807, 2.05) is 0 Å². The fourth-order valence-corrected chi connectivity index (χ4v) is 2.82. The minimum atomic E-state index is -0.705. The van der Waals surface area contributed by atoms with Crippen LogP contribution in [0.25, 0.3) is 0 Å². The molecule has 0 saturated carbocycles. The van der Waals surface area contributed by atoms with E-state index in [0.29, 0.717) is 27.2 Å². The molecule has 28 heavy (non-hydrogen) atoms. The summed E-state index contributed by atoms with van der Waals surface area (Å²) in [4.78, 5) is 28.5. The van der Waals surface area contributed by atoms with E-state index in [1.54, 1.807) is 48.5 Å². The van der Waals surface area contributed by atoms with Crippen LogP contribution in [0.5, 0.6) is 11.5 Å². The zero-order valence-electron chi connectivity index (χ0n) is 14.6. The van der Waals surface area contributed by atoms with Crippen LogP contribution in [-0.2, 0) is 4.74 Å². The second-order valence-electron chi connectivity index (χ2n) is 5.52. The Hall–Kier alpha value is -3.09. The van der Waals surface area contributed by atoms with Crippen LogP contribution in [0.3, 0.4) is 0 Å². The lowest BCUT2D eigenvalue weighted by Crippen LogP contribution is -2.18. The molecule has 142 valence electrons. The van der Waals surface area contributed by atoms with Gasteiger partial charge in [-0.3, -0.25) is 4.79 Å². The van der Waals surface area contributed by atoms with Crippen molar-refractivity contribution in [1.29, 1.82) is 0 Å². The summed E-state index contributed by atoms with van der Waals surface area (Å²) in [5.74, 6) is -0.497. The fraction of sp³-hybridized carbons (Fsp3) is 0.0500. The third kappa shape index (κ3) is 4.42. The van der Waals surface area contributed by atoms with E-state index in [9.17, 15) is 9.59 Å². The van der Waals surface area contributed by atoms with Gasteiger partial charge < -0.3 is 14.8 Å². The van der Waals surface area contributed by atoms with Gasteiger partial charge in [0.25, 0.3) is 5.91 Å². The van der Waals surface area contributed by atoms with Gasteiger partial charge in [0.15, 0.2) is 11.4 Å². The van der Waals surface area contributed by atoms with Gasteiger partial charge in [-0.25, -0.2) is 9.78 Å². The molecule has 0 aliphatic heterocycles. The molecule has 0 atom stereocenters. The number of para-hydroxylation sites is 2. The third-order valence-corrected chi connectivity index (χ3v) is 4.21. The van der Waals surface area contributed by atoms with E-state index >= 15 is 0 Å². The predicted molar refractivity (Wildman–Crippen MR) is 107 cm³/mol. The van der Waals surface area contributed by atoms with Gasteiger partial charge in [-0.2, -0.15) is 0 Å². The van der Waals surface area contributed by atoms with E-state index in [0.717, 1.165) is 0 Å². The Morgan fingerprint density at radius 3 is 2.54 bits per heavy atom. The first kappa shape index (κ1) is 19.7. The number of ether oxygens (including phenoxy) is 2. The van der Waals surface area contributed by atoms with Crippen LogP contribution in [0, 0.1) is 0 Å². The van der Waals surface area contributed by atoms with E-state index in [2.05, 4.69) is 15.0 Å². The van der Waals surface area contributed by atoms with Crippen molar-refractivity contribution < 1.29 is 19.1 Å². The smallest absolute Gasteiger partial charge is 0.357 e. The normalized spacial score (nSPS) is 10.2. The number of methoxy groups -OCH3 is 1. The summed E-state index contributed by atoms with van der Waals surface area (Å²) in [5.41, 5.74) is 0.383. The molecular formula is C20H14Cl2N2O4. The molecule has 1 N–H and O–H groups in total. The molecule has 0 saturated heterocycles. The highest BCUT2D eigenvalue weighted by Crippen LogP contribution is 2.35. The van der Waals surface area contributed by atoms with Gasteiger partial charge in [0.05, 0.1) is 23.4 Å². The van der Waals surface area contributed by atoms with Crippen LogP contribution in [0.4, 0.5) is 5.69 Å². The Kier molecular flexibility index (Phi) is 6.13. The Morgan fingerprint density at radius 1 is 1.00 bits per heavy atom. The SMILES string of the molecule is COC(=O)c1ncccc1C(=O)Nc1ccccc1Oc1ccc(Cl)cc1Cl. The quantitative estimate of drug-likeness (QED) is 0.576. The topological polar surface area (TPSA) is 77.5 Å². The average Bonchev–Trinajstić information content (AvgIpc) is 2.70. The number of nitrogens with one attached hydrogen (secondary N) is 1. The number of carbonyl (C=O) groups excluding carboxylic acids is 2. The molecule has 1 amide bonds. The summed E-state index contributed by atoms with van der Waals surface area (Å²) in [6.07, 6.45) is 1.41. The van der Waals surface area contributed by atoms with Gasteiger partial charge in [0, 0.05) is 11.2 Å². The van der Waals surface area contributed by atoms with Gasteiger partial charge >= 0.3 is 5.97 Å². The van der Waals surface area contributed by atoms with Gasteiger partial charge in [0.1, 0.15) is 5.75 Å². The molecule has 6 nitrogen and oxygen atoms in total. The number of carbonyl (C=O) groups is 2. The lowest BCUT2D eigenvalue weighted by molar-refractivity contribution is 0.0590. The van der Waals surface area contributed by atoms with Crippen LogP contribution in [0.2, 0.25) is 10.0 Å². The molecule has 0 unspecified atom stereocenters. The molecule has 0 aliphatic rings. The van der Waals surface area contributed by atoms with Crippen LogP contribution in [-0.4, -0.2) is 24.0 Å². The summed E-state index contributed by atoms with van der Waals surface area (Å²) in [5, 5.41) is 3.52. The van der Waals surface area contributed by atoms with Gasteiger partial charge in [-0.15, -0.1) is 0 Å². The summed E-state index contributed by atoms with van der Waals surface area (Å²) in [6, 6.07) is 14.7. The molecule has 0 bridgehead atoms. The monoisotopic (exact) mass is 416 g/mol. The molecule has 8 heteroatoms. The lowest BCUT2D eigenvalue weighted by atomic mass is 10.1. The van der Waals surface area contributed by atoms with Gasteiger partial charge in [-0.05, 0) is 42.5 Å². The zero-order valence-corrected chi connectivity index (χ0v) is 16.1. The number of aromatic nitrogens is 1. The molecule has 1 heterocycles. The second kappa shape index (κ2) is 8.73. The second-order valence-corrected chi connectivity index (χ2v) is 6.36. The van der Waals surface area contributed by atoms with Crippen molar-refractivity contribution in [3.63, 3.8) is 0 Å². The minimum absolute atomic E-state index is 0.0775. The molecular weight excluding hydrogens is 403 g/mol. The molecule has 2 aromatic carbocycles. The van der Waals surface area contributed by atoms with Crippen molar-refractivity contribution in [1.82, 2.24) is 4.98 Å². The highest BCUT2D eigenvalue weighted by atomic mass is 35.5. The Labute approximate surface area is 171 Å². The summed E-state index contributed by atoms with van der Waals surface area (Å²) in [6.45, 7) is 0. The fourth-order valence-electron chi connectivity index (χ4n) is 2.37. The molecule has 1 aromatic heterocycles. The summed E-state index contributed by atoms with van der Waals surface area (Å²) in [7, 11) is 1.22. The van der Waals surface area contributed by atoms with Crippen molar-refractivity contribution in [2.24, 2.45) is 0 Å². The first-order chi connectivity index (χ1) is 13.5. The van der Waals surface area contributed by atoms with Crippen molar-refractivity contribution in [2.45, 2.75) is 0 Å². The molecule has 0 aliphatic carbocycles. The van der Waals surface area contributed by atoms with Crippen LogP contribution in [0.15, 0.2) is 60.8 Å². The highest BCUT2D eigenvalue weighted by Gasteiger charge is 2.20. The minimum Gasteiger partial charge on any atom is -0.464 e. The van der Waals surface area contributed by atoms with Gasteiger partial charge in [0.2, 0.25) is 0 Å². The Balaban J connectivity index is 1.88. The molecule has 0 fully saturated rings. The number of pyridine rings is 1. The van der Waals surface area contributed by atoms with Crippen molar-refractivity contribution in [3.8, 4) is 11.5 Å². The number of esters is 1. The zero-order chi connectivity index (χ0) is 20.1. The molecule has 3 aromatic rings. The standard InChI is InChI=1S/C20H14Cl2N2O4/c1-27-20(26)18-13(5-4-10-23-18)19(25)24-15-6-2-3-7-17(15)28-16-9-8-12(21)11-14(16)22/h2-11H,1H3,(H,24,25). The molecule has 0 spiro atoms. The van der Waals surface area contributed by atoms with Crippen LogP contribution < -0.4 is 10.1 Å². The van der Waals surface area contributed by atoms with Gasteiger partial charge in [-0.1, -0.05) is 35.3 Å². The largest absolute Gasteiger partial charge is 0.464 e. The number of hydrogen-bond acceptors (Lipinski definition) is 5. The first-order valence-corrected chi connectivity index (χ1v) is 8.82. The van der Waals surface area contributed by atoms with Crippen molar-refractivity contribution in [2.75, 3.05) is 12.4 Å². The Morgan fingerprint density at radius 2 is 1.79 bits per heavy atom. The van der Waals surface area contributed by atoms with Crippen LogP contribution >= 0.6 is 23.2 Å². The average molecular weight is 417 g/mol. The van der Waals surface area contributed by atoms with E-state index in [1.165, 1.54) is 19.4 Å². The lowest BCUT2D eigenvalue weighted by Gasteiger charge is -2.14. The molecule has 0 radical (unpaired) electrons. The Bertz CT molecular complexity index is 1040. The summed E-state index contributed by atoms with van der Waals surface area (Å²) < 4.78 is 10.5. The number of amides is 1. The van der Waals surface area contributed by atoms with E-state index in [-0.39, 0.29) is 11.3 Å².